The topological polar surface area (TPSA) is 71.4 Å². The summed E-state index contributed by atoms with van der Waals surface area (Å²) in [6, 6.07) is 15.0. The average molecular weight is 332 g/mol. The van der Waals surface area contributed by atoms with E-state index >= 15 is 0 Å². The zero-order valence-corrected chi connectivity index (χ0v) is 13.8. The first-order chi connectivity index (χ1) is 10.9. The number of hydrogen-bond acceptors (Lipinski definition) is 3. The summed E-state index contributed by atoms with van der Waals surface area (Å²) in [5, 5.41) is 8.60. The Bertz CT molecular complexity index is 760. The summed E-state index contributed by atoms with van der Waals surface area (Å²) in [4.78, 5) is 10.7. The highest BCUT2D eigenvalue weighted by atomic mass is 32.2. The largest absolute Gasteiger partial charge is 0.481 e. The van der Waals surface area contributed by atoms with Crippen LogP contribution in [0, 0.1) is 6.92 Å². The van der Waals surface area contributed by atoms with Crippen LogP contribution in [0.1, 0.15) is 23.1 Å². The van der Waals surface area contributed by atoms with Crippen molar-refractivity contribution in [3.63, 3.8) is 0 Å². The van der Waals surface area contributed by atoms with Crippen LogP contribution in [-0.2, 0) is 27.5 Å². The highest BCUT2D eigenvalue weighted by molar-refractivity contribution is 7.91. The number of sulfone groups is 1. The van der Waals surface area contributed by atoms with Gasteiger partial charge in [-0.2, -0.15) is 0 Å². The third-order valence-corrected chi connectivity index (χ3v) is 5.42. The molecule has 0 unspecified atom stereocenters. The first kappa shape index (κ1) is 17.2. The predicted molar refractivity (Wildman–Crippen MR) is 89.3 cm³/mol. The van der Waals surface area contributed by atoms with Gasteiger partial charge in [0.25, 0.3) is 0 Å². The van der Waals surface area contributed by atoms with Crippen molar-refractivity contribution < 1.29 is 18.3 Å². The minimum atomic E-state index is -3.52. The van der Waals surface area contributed by atoms with Gasteiger partial charge in [0.1, 0.15) is 0 Å². The Morgan fingerprint density at radius 2 is 1.39 bits per heavy atom. The summed E-state index contributed by atoms with van der Waals surface area (Å²) in [5.74, 6) is -1.48. The van der Waals surface area contributed by atoms with Crippen LogP contribution in [0.3, 0.4) is 0 Å². The van der Waals surface area contributed by atoms with E-state index in [1.807, 2.05) is 6.92 Å². The van der Waals surface area contributed by atoms with Gasteiger partial charge in [-0.05, 0) is 43.0 Å². The summed E-state index contributed by atoms with van der Waals surface area (Å²) in [7, 11) is -3.52. The maximum atomic E-state index is 12.0. The zero-order valence-electron chi connectivity index (χ0n) is 13.0. The zero-order chi connectivity index (χ0) is 16.9. The van der Waals surface area contributed by atoms with Gasteiger partial charge in [-0.1, -0.05) is 42.0 Å². The summed E-state index contributed by atoms with van der Waals surface area (Å²) < 4.78 is 24.0. The van der Waals surface area contributed by atoms with Crippen molar-refractivity contribution >= 4 is 15.8 Å². The minimum absolute atomic E-state index is 0.179. The number of aliphatic carboxylic acids is 1. The van der Waals surface area contributed by atoms with Crippen molar-refractivity contribution in [1.29, 1.82) is 0 Å². The van der Waals surface area contributed by atoms with E-state index in [1.54, 1.807) is 24.3 Å². The van der Waals surface area contributed by atoms with Crippen molar-refractivity contribution in [2.24, 2.45) is 0 Å². The Hall–Kier alpha value is -2.14. The third-order valence-electron chi connectivity index (χ3n) is 3.69. The quantitative estimate of drug-likeness (QED) is 0.846. The van der Waals surface area contributed by atoms with Crippen molar-refractivity contribution in [2.45, 2.75) is 31.1 Å². The molecule has 0 aliphatic heterocycles. The van der Waals surface area contributed by atoms with Gasteiger partial charge in [0.2, 0.25) is 0 Å². The maximum Gasteiger partial charge on any atom is 0.304 e. The molecule has 2 rings (SSSR count). The number of rotatable bonds is 7. The first-order valence-electron chi connectivity index (χ1n) is 7.46. The number of carboxylic acids is 1. The van der Waals surface area contributed by atoms with E-state index in [2.05, 4.69) is 24.3 Å². The lowest BCUT2D eigenvalue weighted by Crippen LogP contribution is -2.11. The third kappa shape index (κ3) is 5.21. The second-order valence-corrected chi connectivity index (χ2v) is 7.70. The van der Waals surface area contributed by atoms with Crippen LogP contribution in [0.5, 0.6) is 0 Å². The van der Waals surface area contributed by atoms with Crippen LogP contribution < -0.4 is 0 Å². The number of benzene rings is 2. The summed E-state index contributed by atoms with van der Waals surface area (Å²) in [6.45, 7) is 2.05. The Kier molecular flexibility index (Phi) is 5.55. The van der Waals surface area contributed by atoms with Crippen molar-refractivity contribution in [1.82, 2.24) is 0 Å². The van der Waals surface area contributed by atoms with Crippen LogP contribution in [-0.4, -0.2) is 25.2 Å². The molecule has 2 aromatic carbocycles. The molecule has 4 nitrogen and oxygen atoms in total. The van der Waals surface area contributed by atoms with Crippen molar-refractivity contribution in [3.8, 4) is 0 Å². The molecule has 0 aromatic heterocycles. The molecule has 2 aromatic rings. The molecule has 0 atom stereocenters. The Labute approximate surface area is 136 Å². The first-order valence-corrected chi connectivity index (χ1v) is 9.11. The Balaban J connectivity index is 1.99. The number of carboxylic acid groups (broad SMARTS) is 1. The lowest BCUT2D eigenvalue weighted by Gasteiger charge is -2.06. The monoisotopic (exact) mass is 332 g/mol. The van der Waals surface area contributed by atoms with Crippen LogP contribution in [0.4, 0.5) is 0 Å². The molecule has 0 heterocycles. The Morgan fingerprint density at radius 3 is 1.87 bits per heavy atom. The lowest BCUT2D eigenvalue weighted by molar-refractivity contribution is -0.136. The summed E-state index contributed by atoms with van der Waals surface area (Å²) >= 11 is 0. The van der Waals surface area contributed by atoms with Crippen molar-refractivity contribution in [2.75, 3.05) is 5.75 Å². The molecule has 0 saturated carbocycles. The van der Waals surface area contributed by atoms with Crippen LogP contribution >= 0.6 is 0 Å². The van der Waals surface area contributed by atoms with Gasteiger partial charge in [-0.25, -0.2) is 8.42 Å². The van der Waals surface area contributed by atoms with E-state index < -0.39 is 15.8 Å². The number of aryl methyl sites for hydroxylation is 3. The fourth-order valence-electron chi connectivity index (χ4n) is 2.25. The van der Waals surface area contributed by atoms with E-state index in [0.29, 0.717) is 0 Å². The number of carbonyl (C=O) groups is 1. The second kappa shape index (κ2) is 7.42. The smallest absolute Gasteiger partial charge is 0.304 e. The molecule has 5 heteroatoms. The molecule has 0 aliphatic rings. The Morgan fingerprint density at radius 1 is 0.913 bits per heavy atom. The highest BCUT2D eigenvalue weighted by Crippen LogP contribution is 2.15. The molecule has 1 N–H and O–H groups in total. The molecule has 23 heavy (non-hydrogen) atoms. The highest BCUT2D eigenvalue weighted by Gasteiger charge is 2.15. The molecule has 0 aliphatic carbocycles. The SMILES string of the molecule is Cc1ccc(CCc2ccc(S(=O)(=O)CCC(=O)O)cc2)cc1. The van der Waals surface area contributed by atoms with Crippen molar-refractivity contribution in [3.05, 3.63) is 65.2 Å². The molecule has 0 amide bonds. The normalized spacial score (nSPS) is 11.3. The molecule has 122 valence electrons. The summed E-state index contributed by atoms with van der Waals surface area (Å²) in [6.07, 6.45) is 1.35. The maximum absolute atomic E-state index is 12.0. The fourth-order valence-corrected chi connectivity index (χ4v) is 3.48. The van der Waals surface area contributed by atoms with Crippen LogP contribution in [0.25, 0.3) is 0 Å². The fraction of sp³-hybridized carbons (Fsp3) is 0.278. The minimum Gasteiger partial charge on any atom is -0.481 e. The van der Waals surface area contributed by atoms with E-state index in [4.69, 9.17) is 5.11 Å². The van der Waals surface area contributed by atoms with Gasteiger partial charge in [-0.3, -0.25) is 4.79 Å². The summed E-state index contributed by atoms with van der Waals surface area (Å²) in [5.41, 5.74) is 3.53. The van der Waals surface area contributed by atoms with Gasteiger partial charge < -0.3 is 5.11 Å². The molecule has 0 fully saturated rings. The molecular formula is C18H20O4S. The molecule has 0 radical (unpaired) electrons. The molecule has 0 bridgehead atoms. The van der Waals surface area contributed by atoms with E-state index in [-0.39, 0.29) is 17.1 Å². The van der Waals surface area contributed by atoms with Gasteiger partial charge in [0.05, 0.1) is 17.1 Å². The number of hydrogen-bond donors (Lipinski definition) is 1. The van der Waals surface area contributed by atoms with Gasteiger partial charge in [0.15, 0.2) is 9.84 Å². The lowest BCUT2D eigenvalue weighted by atomic mass is 10.0. The average Bonchev–Trinajstić information content (AvgIpc) is 2.53. The van der Waals surface area contributed by atoms with Gasteiger partial charge >= 0.3 is 5.97 Å². The predicted octanol–water partition coefficient (Wildman–Crippen LogP) is 3.03. The van der Waals surface area contributed by atoms with Crippen LogP contribution in [0.15, 0.2) is 53.4 Å². The van der Waals surface area contributed by atoms with E-state index in [1.165, 1.54) is 11.1 Å². The second-order valence-electron chi connectivity index (χ2n) is 5.59. The standard InChI is InChI=1S/C18H20O4S/c1-14-2-4-15(5-3-14)6-7-16-8-10-17(11-9-16)23(21,22)13-12-18(19)20/h2-5,8-11H,6-7,12-13H2,1H3,(H,19,20). The molecule has 0 saturated heterocycles. The molecular weight excluding hydrogens is 312 g/mol. The van der Waals surface area contributed by atoms with Gasteiger partial charge in [-0.15, -0.1) is 0 Å². The van der Waals surface area contributed by atoms with Gasteiger partial charge in [0, 0.05) is 0 Å². The molecule has 0 spiro atoms. The van der Waals surface area contributed by atoms with E-state index in [9.17, 15) is 13.2 Å². The van der Waals surface area contributed by atoms with E-state index in [0.717, 1.165) is 18.4 Å². The van der Waals surface area contributed by atoms with Crippen LogP contribution in [0.2, 0.25) is 0 Å².